The number of nitrogens with one attached hydrogen (secondary N) is 1. The highest BCUT2D eigenvalue weighted by molar-refractivity contribution is 6.26. The fourth-order valence-electron chi connectivity index (χ4n) is 5.57. The summed E-state index contributed by atoms with van der Waals surface area (Å²) in [6.45, 7) is 17.9. The molecule has 0 atom stereocenters. The normalized spacial score (nSPS) is 14.2. The molecule has 1 aliphatic heterocycles. The van der Waals surface area contributed by atoms with Crippen LogP contribution in [-0.2, 0) is 23.7 Å². The Morgan fingerprint density at radius 3 is 1.79 bits per heavy atom. The van der Waals surface area contributed by atoms with E-state index in [0.29, 0.717) is 5.82 Å². The van der Waals surface area contributed by atoms with Gasteiger partial charge in [0, 0.05) is 23.5 Å². The zero-order valence-corrected chi connectivity index (χ0v) is 28.0. The van der Waals surface area contributed by atoms with Crippen molar-refractivity contribution in [2.24, 2.45) is 9.98 Å². The lowest BCUT2D eigenvalue weighted by molar-refractivity contribution is 0.589. The second-order valence-electron chi connectivity index (χ2n) is 14.1. The average molecular weight is 580 g/mol. The molecule has 3 aromatic rings. The molecule has 0 fully saturated rings. The van der Waals surface area contributed by atoms with E-state index in [2.05, 4.69) is 107 Å². The Morgan fingerprint density at radius 2 is 1.21 bits per heavy atom. The summed E-state index contributed by atoms with van der Waals surface area (Å²) in [6, 6.07) is 13.2. The van der Waals surface area contributed by atoms with Crippen molar-refractivity contribution in [3.05, 3.63) is 82.2 Å². The molecular weight excluding hydrogens is 526 g/mol. The fraction of sp³-hybridized carbons (Fsp3) is 0.526. The SMILES string of the molecule is CCCCCCc1cc2c(cc1CCCCCC)C(Nc1cc(C(C)(C)C)ccn1)=NC2=Nc1cc(C(C)(C)C)ccn1. The second-order valence-corrected chi connectivity index (χ2v) is 14.1. The van der Waals surface area contributed by atoms with Crippen molar-refractivity contribution >= 4 is 23.3 Å². The van der Waals surface area contributed by atoms with Gasteiger partial charge in [-0.05, 0) is 95.2 Å². The fourth-order valence-corrected chi connectivity index (χ4v) is 5.57. The zero-order chi connectivity index (χ0) is 31.0. The molecule has 0 amide bonds. The highest BCUT2D eigenvalue weighted by Gasteiger charge is 2.26. The van der Waals surface area contributed by atoms with Crippen LogP contribution in [0.25, 0.3) is 0 Å². The molecule has 3 heterocycles. The quantitative estimate of drug-likeness (QED) is 0.217. The van der Waals surface area contributed by atoms with E-state index < -0.39 is 0 Å². The first-order valence-electron chi connectivity index (χ1n) is 16.5. The van der Waals surface area contributed by atoms with E-state index in [9.17, 15) is 0 Å². The molecule has 230 valence electrons. The van der Waals surface area contributed by atoms with Crippen LogP contribution in [0, 0.1) is 0 Å². The summed E-state index contributed by atoms with van der Waals surface area (Å²) in [4.78, 5) is 19.4. The number of aromatic nitrogens is 2. The number of benzene rings is 1. The largest absolute Gasteiger partial charge is 0.324 e. The minimum Gasteiger partial charge on any atom is -0.324 e. The van der Waals surface area contributed by atoms with Crippen molar-refractivity contribution in [2.75, 3.05) is 5.32 Å². The molecule has 0 spiro atoms. The Hall–Kier alpha value is -3.34. The van der Waals surface area contributed by atoms with Gasteiger partial charge in [0.1, 0.15) is 11.7 Å². The lowest BCUT2D eigenvalue weighted by Crippen LogP contribution is -2.16. The van der Waals surface area contributed by atoms with Crippen LogP contribution in [0.2, 0.25) is 0 Å². The van der Waals surface area contributed by atoms with E-state index in [4.69, 9.17) is 9.98 Å². The summed E-state index contributed by atoms with van der Waals surface area (Å²) in [5, 5.41) is 3.58. The van der Waals surface area contributed by atoms with E-state index in [1.165, 1.54) is 73.6 Å². The number of rotatable bonds is 12. The Labute approximate surface area is 260 Å². The first kappa shape index (κ1) is 32.6. The van der Waals surface area contributed by atoms with Crippen LogP contribution in [0.3, 0.4) is 0 Å². The molecule has 5 nitrogen and oxygen atoms in total. The number of hydrogen-bond donors (Lipinski definition) is 1. The summed E-state index contributed by atoms with van der Waals surface area (Å²) in [5.41, 5.74) is 7.58. The number of aryl methyl sites for hydroxylation is 2. The van der Waals surface area contributed by atoms with Gasteiger partial charge < -0.3 is 5.32 Å². The molecule has 43 heavy (non-hydrogen) atoms. The zero-order valence-electron chi connectivity index (χ0n) is 28.0. The number of nitrogens with zero attached hydrogens (tertiary/aromatic N) is 4. The van der Waals surface area contributed by atoms with Crippen molar-refractivity contribution in [2.45, 2.75) is 130 Å². The second kappa shape index (κ2) is 14.4. The summed E-state index contributed by atoms with van der Waals surface area (Å²) in [5.74, 6) is 3.03. The highest BCUT2D eigenvalue weighted by atomic mass is 15.1. The standard InChI is InChI=1S/C38H53N5/c1-9-11-13-15-17-27-23-31-32(24-28(27)18-16-14-12-10-2)36(42-34-26-30(20-22-40-34)38(6,7)8)43-35(31)41-33-25-29(19-21-39-33)37(3,4)5/h19-26H,9-18H2,1-8H3,(H,39,40,41,42,43). The molecule has 0 unspecified atom stereocenters. The molecule has 5 heteroatoms. The molecule has 0 saturated heterocycles. The third-order valence-electron chi connectivity index (χ3n) is 8.36. The molecule has 0 bridgehead atoms. The van der Waals surface area contributed by atoms with Gasteiger partial charge in [-0.1, -0.05) is 93.9 Å². The van der Waals surface area contributed by atoms with Gasteiger partial charge in [-0.25, -0.2) is 20.0 Å². The van der Waals surface area contributed by atoms with Crippen LogP contribution in [0.5, 0.6) is 0 Å². The van der Waals surface area contributed by atoms with Crippen LogP contribution >= 0.6 is 0 Å². The van der Waals surface area contributed by atoms with Crippen LogP contribution in [0.4, 0.5) is 11.6 Å². The molecule has 4 rings (SSSR count). The smallest absolute Gasteiger partial charge is 0.164 e. The van der Waals surface area contributed by atoms with E-state index in [1.54, 1.807) is 0 Å². The Balaban J connectivity index is 1.78. The maximum atomic E-state index is 5.11. The first-order chi connectivity index (χ1) is 20.5. The van der Waals surface area contributed by atoms with Gasteiger partial charge in [0.2, 0.25) is 0 Å². The number of fused-ring (bicyclic) bond motifs is 1. The van der Waals surface area contributed by atoms with E-state index >= 15 is 0 Å². The predicted octanol–water partition coefficient (Wildman–Crippen LogP) is 10.3. The van der Waals surface area contributed by atoms with Crippen LogP contribution in [-0.4, -0.2) is 21.6 Å². The third kappa shape index (κ3) is 8.84. The molecule has 0 radical (unpaired) electrons. The van der Waals surface area contributed by atoms with Gasteiger partial charge in [0.25, 0.3) is 0 Å². The monoisotopic (exact) mass is 579 g/mol. The van der Waals surface area contributed by atoms with Crippen molar-refractivity contribution in [1.29, 1.82) is 0 Å². The van der Waals surface area contributed by atoms with Crippen molar-refractivity contribution in [1.82, 2.24) is 9.97 Å². The Morgan fingerprint density at radius 1 is 0.651 bits per heavy atom. The summed E-state index contributed by atoms with van der Waals surface area (Å²) < 4.78 is 0. The molecule has 2 aromatic heterocycles. The highest BCUT2D eigenvalue weighted by Crippen LogP contribution is 2.31. The van der Waals surface area contributed by atoms with E-state index in [1.807, 2.05) is 12.4 Å². The van der Waals surface area contributed by atoms with Crippen molar-refractivity contribution in [3.8, 4) is 0 Å². The Kier molecular flexibility index (Phi) is 10.9. The minimum absolute atomic E-state index is 0.0174. The van der Waals surface area contributed by atoms with Gasteiger partial charge in [-0.3, -0.25) is 0 Å². The summed E-state index contributed by atoms with van der Waals surface area (Å²) >= 11 is 0. The molecule has 1 N–H and O–H groups in total. The number of anilines is 1. The lowest BCUT2D eigenvalue weighted by Gasteiger charge is -2.19. The van der Waals surface area contributed by atoms with Crippen LogP contribution < -0.4 is 5.32 Å². The van der Waals surface area contributed by atoms with Gasteiger partial charge in [-0.2, -0.15) is 0 Å². The molecule has 0 aliphatic carbocycles. The average Bonchev–Trinajstić information content (AvgIpc) is 3.28. The topological polar surface area (TPSA) is 62.5 Å². The van der Waals surface area contributed by atoms with Gasteiger partial charge >= 0.3 is 0 Å². The summed E-state index contributed by atoms with van der Waals surface area (Å²) in [7, 11) is 0. The Bertz CT molecular complexity index is 1440. The number of pyridine rings is 2. The maximum Gasteiger partial charge on any atom is 0.164 e. The van der Waals surface area contributed by atoms with Gasteiger partial charge in [-0.15, -0.1) is 0 Å². The minimum atomic E-state index is 0.0174. The number of hydrogen-bond acceptors (Lipinski definition) is 4. The third-order valence-corrected chi connectivity index (χ3v) is 8.36. The first-order valence-corrected chi connectivity index (χ1v) is 16.5. The number of amidine groups is 2. The van der Waals surface area contributed by atoms with E-state index in [0.717, 1.165) is 41.5 Å². The summed E-state index contributed by atoms with van der Waals surface area (Å²) in [6.07, 6.45) is 16.0. The van der Waals surface area contributed by atoms with Crippen LogP contribution in [0.1, 0.15) is 140 Å². The van der Waals surface area contributed by atoms with Gasteiger partial charge in [0.15, 0.2) is 11.7 Å². The lowest BCUT2D eigenvalue weighted by atomic mass is 9.88. The molecule has 1 aliphatic rings. The molecule has 1 aromatic carbocycles. The van der Waals surface area contributed by atoms with Crippen molar-refractivity contribution < 1.29 is 0 Å². The predicted molar refractivity (Wildman–Crippen MR) is 184 cm³/mol. The van der Waals surface area contributed by atoms with E-state index in [-0.39, 0.29) is 10.8 Å². The number of unbranched alkanes of at least 4 members (excludes halogenated alkanes) is 6. The van der Waals surface area contributed by atoms with Crippen molar-refractivity contribution in [3.63, 3.8) is 0 Å². The molecule has 0 saturated carbocycles. The van der Waals surface area contributed by atoms with Crippen LogP contribution in [0.15, 0.2) is 58.8 Å². The molecular formula is C38H53N5. The van der Waals surface area contributed by atoms with Gasteiger partial charge in [0.05, 0.1) is 0 Å². The maximum absolute atomic E-state index is 5.11. The number of aliphatic imine (C=N–C) groups is 2.